The van der Waals surface area contributed by atoms with Gasteiger partial charge >= 0.3 is 12.1 Å². The Balaban J connectivity index is 0.000000396. The van der Waals surface area contributed by atoms with Gasteiger partial charge in [0.15, 0.2) is 0 Å². The summed E-state index contributed by atoms with van der Waals surface area (Å²) in [7, 11) is 0. The number of aliphatic carboxylic acids is 1. The van der Waals surface area contributed by atoms with Crippen LogP contribution in [0.2, 0.25) is 0 Å². The lowest BCUT2D eigenvalue weighted by Crippen LogP contribution is -2.21. The minimum Gasteiger partial charge on any atom is -0.475 e. The van der Waals surface area contributed by atoms with Gasteiger partial charge < -0.3 is 20.0 Å². The van der Waals surface area contributed by atoms with Crippen molar-refractivity contribution in [2.75, 3.05) is 5.32 Å². The number of carbonyl (C=O) groups excluding carboxylic acids is 1. The van der Waals surface area contributed by atoms with E-state index in [9.17, 15) is 18.0 Å². The first-order valence-electron chi connectivity index (χ1n) is 8.79. The Labute approximate surface area is 169 Å². The van der Waals surface area contributed by atoms with Gasteiger partial charge in [0.2, 0.25) is 0 Å². The Morgan fingerprint density at radius 1 is 1.17 bits per heavy atom. The molecule has 0 spiro atoms. The maximum atomic E-state index is 12.2. The molecule has 160 valence electrons. The normalized spacial score (nSPS) is 10.9. The van der Waals surface area contributed by atoms with Crippen LogP contribution in [0.1, 0.15) is 34.6 Å². The van der Waals surface area contributed by atoms with Crippen LogP contribution in [0.15, 0.2) is 36.8 Å². The Morgan fingerprint density at radius 2 is 1.77 bits per heavy atom. The van der Waals surface area contributed by atoms with Crippen molar-refractivity contribution < 1.29 is 27.9 Å². The van der Waals surface area contributed by atoms with Crippen LogP contribution in [0.5, 0.6) is 0 Å². The molecule has 0 unspecified atom stereocenters. The zero-order valence-corrected chi connectivity index (χ0v) is 16.4. The molecule has 0 radical (unpaired) electrons. The second-order valence-electron chi connectivity index (χ2n) is 6.19. The molecule has 3 rings (SSSR count). The number of amides is 1. The summed E-state index contributed by atoms with van der Waals surface area (Å²) in [5.74, 6) is -2.15. The highest BCUT2D eigenvalue weighted by atomic mass is 19.4. The largest absolute Gasteiger partial charge is 0.490 e. The number of carboxylic acid groups (broad SMARTS) is 1. The molecule has 1 aromatic carbocycles. The van der Waals surface area contributed by atoms with Gasteiger partial charge in [0, 0.05) is 23.5 Å². The predicted octanol–water partition coefficient (Wildman–Crippen LogP) is 3.66. The van der Waals surface area contributed by atoms with Crippen LogP contribution in [0, 0.1) is 13.8 Å². The third-order valence-electron chi connectivity index (χ3n) is 4.11. The zero-order chi connectivity index (χ0) is 22.5. The highest BCUT2D eigenvalue weighted by Gasteiger charge is 2.38. The lowest BCUT2D eigenvalue weighted by Gasteiger charge is -2.08. The highest BCUT2D eigenvalue weighted by molar-refractivity contribution is 6.02. The number of aryl methyl sites for hydroxylation is 2. The van der Waals surface area contributed by atoms with Gasteiger partial charge in [-0.2, -0.15) is 13.2 Å². The number of imidazole rings is 2. The summed E-state index contributed by atoms with van der Waals surface area (Å²) in [4.78, 5) is 32.5. The van der Waals surface area contributed by atoms with Crippen molar-refractivity contribution in [1.29, 1.82) is 0 Å². The highest BCUT2D eigenvalue weighted by Crippen LogP contribution is 2.17. The number of alkyl halides is 3. The van der Waals surface area contributed by atoms with E-state index in [1.165, 1.54) is 0 Å². The molecule has 0 saturated carbocycles. The first-order valence-corrected chi connectivity index (χ1v) is 8.79. The fraction of sp³-hybridized carbons (Fsp3) is 0.263. The maximum Gasteiger partial charge on any atom is 0.490 e. The quantitative estimate of drug-likeness (QED) is 0.593. The van der Waals surface area contributed by atoms with E-state index in [0.717, 1.165) is 35.0 Å². The molecule has 2 aromatic heterocycles. The maximum absolute atomic E-state index is 12.2. The molecule has 2 heterocycles. The molecular formula is C19H20F3N5O3. The fourth-order valence-corrected chi connectivity index (χ4v) is 2.32. The van der Waals surface area contributed by atoms with E-state index in [2.05, 4.69) is 20.3 Å². The Kier molecular flexibility index (Phi) is 6.98. The molecule has 0 bridgehead atoms. The number of benzene rings is 1. The van der Waals surface area contributed by atoms with Crippen LogP contribution in [0.25, 0.3) is 5.69 Å². The van der Waals surface area contributed by atoms with Crippen LogP contribution < -0.4 is 5.32 Å². The van der Waals surface area contributed by atoms with Gasteiger partial charge in [-0.1, -0.05) is 6.92 Å². The molecule has 30 heavy (non-hydrogen) atoms. The molecule has 0 aliphatic heterocycles. The van der Waals surface area contributed by atoms with E-state index in [1.54, 1.807) is 12.5 Å². The molecule has 3 N–H and O–H groups in total. The Bertz CT molecular complexity index is 1020. The molecular weight excluding hydrogens is 403 g/mol. The molecule has 0 fully saturated rings. The van der Waals surface area contributed by atoms with Crippen molar-refractivity contribution in [1.82, 2.24) is 19.5 Å². The monoisotopic (exact) mass is 423 g/mol. The van der Waals surface area contributed by atoms with E-state index < -0.39 is 12.1 Å². The number of H-pyrrole nitrogens is 1. The number of aromatic amines is 1. The molecule has 8 nitrogen and oxygen atoms in total. The van der Waals surface area contributed by atoms with Crippen molar-refractivity contribution in [3.05, 3.63) is 59.7 Å². The summed E-state index contributed by atoms with van der Waals surface area (Å²) in [6.07, 6.45) is -0.957. The average Bonchev–Trinajstić information content (AvgIpc) is 3.30. The fourth-order valence-electron chi connectivity index (χ4n) is 2.32. The number of nitrogens with one attached hydrogen (secondary N) is 2. The summed E-state index contributed by atoms with van der Waals surface area (Å²) in [6.45, 7) is 6.00. The van der Waals surface area contributed by atoms with E-state index in [0.29, 0.717) is 5.69 Å². The lowest BCUT2D eigenvalue weighted by atomic mass is 10.2. The lowest BCUT2D eigenvalue weighted by molar-refractivity contribution is -0.192. The number of nitrogens with zero attached hydrogens (tertiary/aromatic N) is 3. The molecule has 0 aliphatic rings. The number of hydrogen-bond acceptors (Lipinski definition) is 4. The van der Waals surface area contributed by atoms with Crippen LogP contribution in [-0.4, -0.2) is 42.7 Å². The Morgan fingerprint density at radius 3 is 2.20 bits per heavy atom. The van der Waals surface area contributed by atoms with Crippen molar-refractivity contribution in [3.63, 3.8) is 0 Å². The summed E-state index contributed by atoms with van der Waals surface area (Å²) < 4.78 is 33.8. The number of carbonyl (C=O) groups is 2. The molecule has 0 aliphatic carbocycles. The van der Waals surface area contributed by atoms with Gasteiger partial charge in [-0.05, 0) is 38.1 Å². The minimum absolute atomic E-state index is 0.195. The van der Waals surface area contributed by atoms with Gasteiger partial charge in [0.05, 0.1) is 18.2 Å². The first-order chi connectivity index (χ1) is 14.0. The smallest absolute Gasteiger partial charge is 0.475 e. The van der Waals surface area contributed by atoms with Crippen LogP contribution in [-0.2, 0) is 11.2 Å². The van der Waals surface area contributed by atoms with Crippen molar-refractivity contribution in [2.24, 2.45) is 0 Å². The number of rotatable bonds is 4. The summed E-state index contributed by atoms with van der Waals surface area (Å²) >= 11 is 0. The van der Waals surface area contributed by atoms with E-state index in [4.69, 9.17) is 9.90 Å². The number of aromatic nitrogens is 4. The van der Waals surface area contributed by atoms with Crippen molar-refractivity contribution in [2.45, 2.75) is 33.4 Å². The SMILES string of the molecule is CCc1ncc(C(=O)Nc2ccc(-n3cnc(C)c3C)cc2)[nH]1.O=C(O)C(F)(F)F. The summed E-state index contributed by atoms with van der Waals surface area (Å²) in [5.41, 5.74) is 4.32. The van der Waals surface area contributed by atoms with Gasteiger partial charge in [0.1, 0.15) is 11.5 Å². The van der Waals surface area contributed by atoms with Crippen LogP contribution in [0.3, 0.4) is 0 Å². The second-order valence-corrected chi connectivity index (χ2v) is 6.19. The standard InChI is InChI=1S/C17H19N5O.C2HF3O2/c1-4-16-18-9-15(21-16)17(23)20-13-5-7-14(8-6-13)22-10-19-11(2)12(22)3;3-2(4,5)1(6)7/h5-10H,4H2,1-3H3,(H,18,21)(H,20,23);(H,6,7). The van der Waals surface area contributed by atoms with Gasteiger partial charge in [-0.3, -0.25) is 4.79 Å². The topological polar surface area (TPSA) is 113 Å². The van der Waals surface area contributed by atoms with Gasteiger partial charge in [-0.25, -0.2) is 14.8 Å². The van der Waals surface area contributed by atoms with Gasteiger partial charge in [0.25, 0.3) is 5.91 Å². The number of hydrogen-bond donors (Lipinski definition) is 3. The van der Waals surface area contributed by atoms with Gasteiger partial charge in [-0.15, -0.1) is 0 Å². The molecule has 0 atom stereocenters. The summed E-state index contributed by atoms with van der Waals surface area (Å²) in [5, 5.41) is 9.98. The number of carboxylic acids is 1. The Hall–Kier alpha value is -3.63. The molecule has 1 amide bonds. The molecule has 0 saturated heterocycles. The van der Waals surface area contributed by atoms with E-state index >= 15 is 0 Å². The number of halogens is 3. The average molecular weight is 423 g/mol. The van der Waals surface area contributed by atoms with Crippen molar-refractivity contribution in [3.8, 4) is 5.69 Å². The summed E-state index contributed by atoms with van der Waals surface area (Å²) in [6, 6.07) is 7.65. The molecule has 11 heteroatoms. The molecule has 3 aromatic rings. The third-order valence-corrected chi connectivity index (χ3v) is 4.11. The zero-order valence-electron chi connectivity index (χ0n) is 16.4. The number of anilines is 1. The van der Waals surface area contributed by atoms with Crippen molar-refractivity contribution >= 4 is 17.6 Å². The van der Waals surface area contributed by atoms with E-state index in [-0.39, 0.29) is 5.91 Å². The van der Waals surface area contributed by atoms with Crippen LogP contribution in [0.4, 0.5) is 18.9 Å². The van der Waals surface area contributed by atoms with E-state index in [1.807, 2.05) is 49.6 Å². The van der Waals surface area contributed by atoms with Crippen LogP contribution >= 0.6 is 0 Å². The second kappa shape index (κ2) is 9.25. The third kappa shape index (κ3) is 5.69. The first kappa shape index (κ1) is 22.7. The minimum atomic E-state index is -5.08. The predicted molar refractivity (Wildman–Crippen MR) is 103 cm³/mol.